The Kier molecular flexibility index (Phi) is 3.13. The summed E-state index contributed by atoms with van der Waals surface area (Å²) in [4.78, 5) is 11.8. The molecule has 0 aromatic carbocycles. The number of hydrogen-bond acceptors (Lipinski definition) is 1. The highest BCUT2D eigenvalue weighted by Crippen LogP contribution is 2.56. The SMILES string of the molecule is C[Si](C)(C)[C@H]1CCC=C2CCCC[C@]21C=O. The molecule has 1 saturated carbocycles. The number of rotatable bonds is 2. The van der Waals surface area contributed by atoms with Crippen LogP contribution in [-0.2, 0) is 4.79 Å². The van der Waals surface area contributed by atoms with Gasteiger partial charge in [0.2, 0.25) is 0 Å². The summed E-state index contributed by atoms with van der Waals surface area (Å²) < 4.78 is 0. The van der Waals surface area contributed by atoms with Crippen LogP contribution in [0.3, 0.4) is 0 Å². The monoisotopic (exact) mass is 236 g/mol. The summed E-state index contributed by atoms with van der Waals surface area (Å²) >= 11 is 0. The minimum atomic E-state index is -1.23. The lowest BCUT2D eigenvalue weighted by molar-refractivity contribution is -0.116. The van der Waals surface area contributed by atoms with E-state index in [1.54, 1.807) is 0 Å². The van der Waals surface area contributed by atoms with E-state index in [2.05, 4.69) is 25.7 Å². The summed E-state index contributed by atoms with van der Waals surface area (Å²) in [5, 5.41) is 0. The van der Waals surface area contributed by atoms with Crippen LogP contribution in [0.5, 0.6) is 0 Å². The van der Waals surface area contributed by atoms with Crippen molar-refractivity contribution in [3.8, 4) is 0 Å². The van der Waals surface area contributed by atoms with Gasteiger partial charge in [0, 0.05) is 13.5 Å². The Morgan fingerprint density at radius 2 is 2.12 bits per heavy atom. The fourth-order valence-corrected chi connectivity index (χ4v) is 6.90. The molecule has 2 aliphatic rings. The third-order valence-electron chi connectivity index (χ3n) is 4.61. The quantitative estimate of drug-likeness (QED) is 0.399. The molecule has 2 atom stereocenters. The average Bonchev–Trinajstić information content (AvgIpc) is 2.26. The van der Waals surface area contributed by atoms with E-state index in [0.29, 0.717) is 5.54 Å². The van der Waals surface area contributed by atoms with Crippen LogP contribution >= 0.6 is 0 Å². The Morgan fingerprint density at radius 3 is 2.75 bits per heavy atom. The molecule has 0 unspecified atom stereocenters. The molecule has 2 aliphatic carbocycles. The first-order valence-corrected chi connectivity index (χ1v) is 10.2. The Bertz CT molecular complexity index is 313. The van der Waals surface area contributed by atoms with Crippen LogP contribution in [0.1, 0.15) is 38.5 Å². The van der Waals surface area contributed by atoms with Crippen molar-refractivity contribution in [3.05, 3.63) is 11.6 Å². The van der Waals surface area contributed by atoms with Gasteiger partial charge in [-0.25, -0.2) is 0 Å². The fraction of sp³-hybridized carbons (Fsp3) is 0.786. The van der Waals surface area contributed by atoms with Gasteiger partial charge in [0.05, 0.1) is 0 Å². The lowest BCUT2D eigenvalue weighted by Gasteiger charge is -2.49. The third kappa shape index (κ3) is 1.81. The summed E-state index contributed by atoms with van der Waals surface area (Å²) in [5.41, 5.74) is 2.13. The van der Waals surface area contributed by atoms with Crippen molar-refractivity contribution < 1.29 is 4.79 Å². The van der Waals surface area contributed by atoms with Crippen molar-refractivity contribution in [2.24, 2.45) is 5.41 Å². The second kappa shape index (κ2) is 4.14. The molecule has 0 spiro atoms. The van der Waals surface area contributed by atoms with Crippen LogP contribution in [-0.4, -0.2) is 14.4 Å². The first-order valence-electron chi connectivity index (χ1n) is 6.66. The Hall–Kier alpha value is -0.373. The van der Waals surface area contributed by atoms with Crippen LogP contribution in [0.25, 0.3) is 0 Å². The predicted molar refractivity (Wildman–Crippen MR) is 71.4 cm³/mol. The molecule has 0 bridgehead atoms. The van der Waals surface area contributed by atoms with E-state index in [0.717, 1.165) is 6.42 Å². The smallest absolute Gasteiger partial charge is 0.130 e. The Morgan fingerprint density at radius 1 is 1.38 bits per heavy atom. The predicted octanol–water partition coefficient (Wildman–Crippen LogP) is 4.17. The van der Waals surface area contributed by atoms with Crippen molar-refractivity contribution in [2.75, 3.05) is 0 Å². The van der Waals surface area contributed by atoms with Gasteiger partial charge >= 0.3 is 0 Å². The lowest BCUT2D eigenvalue weighted by Crippen LogP contribution is -2.46. The maximum absolute atomic E-state index is 11.8. The Labute approximate surface area is 100 Å². The molecule has 0 aromatic rings. The van der Waals surface area contributed by atoms with Gasteiger partial charge in [0.1, 0.15) is 6.29 Å². The van der Waals surface area contributed by atoms with Gasteiger partial charge in [-0.15, -0.1) is 0 Å². The molecular weight excluding hydrogens is 212 g/mol. The summed E-state index contributed by atoms with van der Waals surface area (Å²) in [6.45, 7) is 7.29. The summed E-state index contributed by atoms with van der Waals surface area (Å²) in [5.74, 6) is 0. The minimum Gasteiger partial charge on any atom is -0.302 e. The maximum Gasteiger partial charge on any atom is 0.130 e. The van der Waals surface area contributed by atoms with Crippen LogP contribution in [0.2, 0.25) is 25.2 Å². The second-order valence-corrected chi connectivity index (χ2v) is 12.0. The normalized spacial score (nSPS) is 35.2. The van der Waals surface area contributed by atoms with E-state index >= 15 is 0 Å². The van der Waals surface area contributed by atoms with Crippen LogP contribution in [0.4, 0.5) is 0 Å². The molecule has 1 fully saturated rings. The molecular formula is C14H24OSi. The molecule has 0 N–H and O–H groups in total. The minimum absolute atomic E-state index is 0.0407. The van der Waals surface area contributed by atoms with Crippen molar-refractivity contribution >= 4 is 14.4 Å². The standard InChI is InChI=1S/C14H24OSi/c1-16(2,3)13-9-6-8-12-7-4-5-10-14(12,13)11-15/h8,11,13H,4-7,9-10H2,1-3H3/t13-,14-/m0/s1. The van der Waals surface area contributed by atoms with E-state index in [4.69, 9.17) is 0 Å². The van der Waals surface area contributed by atoms with Crippen LogP contribution in [0, 0.1) is 5.41 Å². The molecule has 0 amide bonds. The number of fused-ring (bicyclic) bond motifs is 1. The van der Waals surface area contributed by atoms with Crippen LogP contribution in [0.15, 0.2) is 11.6 Å². The van der Waals surface area contributed by atoms with Gasteiger partial charge in [-0.05, 0) is 37.6 Å². The highest BCUT2D eigenvalue weighted by molar-refractivity contribution is 6.78. The summed E-state index contributed by atoms with van der Waals surface area (Å²) in [7, 11) is -1.23. The molecule has 2 heteroatoms. The van der Waals surface area contributed by atoms with Crippen LogP contribution < -0.4 is 0 Å². The van der Waals surface area contributed by atoms with Gasteiger partial charge in [-0.1, -0.05) is 37.7 Å². The van der Waals surface area contributed by atoms with Crippen molar-refractivity contribution in [2.45, 2.75) is 63.7 Å². The largest absolute Gasteiger partial charge is 0.302 e. The zero-order valence-electron chi connectivity index (χ0n) is 10.9. The van der Waals surface area contributed by atoms with Gasteiger partial charge in [-0.2, -0.15) is 0 Å². The third-order valence-corrected chi connectivity index (χ3v) is 7.50. The van der Waals surface area contributed by atoms with Gasteiger partial charge in [-0.3, -0.25) is 0 Å². The van der Waals surface area contributed by atoms with Gasteiger partial charge in [0.15, 0.2) is 0 Å². The Balaban J connectivity index is 2.41. The summed E-state index contributed by atoms with van der Waals surface area (Å²) in [6, 6.07) is 0. The first-order chi connectivity index (χ1) is 7.50. The molecule has 0 radical (unpaired) electrons. The zero-order chi connectivity index (χ0) is 11.8. The number of carbonyl (C=O) groups is 1. The van der Waals surface area contributed by atoms with Crippen molar-refractivity contribution in [3.63, 3.8) is 0 Å². The van der Waals surface area contributed by atoms with Crippen molar-refractivity contribution in [1.29, 1.82) is 0 Å². The second-order valence-electron chi connectivity index (χ2n) is 6.59. The molecule has 90 valence electrons. The molecule has 2 rings (SSSR count). The average molecular weight is 236 g/mol. The number of aldehydes is 1. The molecule has 0 aromatic heterocycles. The van der Waals surface area contributed by atoms with Gasteiger partial charge < -0.3 is 4.79 Å². The maximum atomic E-state index is 11.8. The molecule has 0 heterocycles. The molecule has 16 heavy (non-hydrogen) atoms. The zero-order valence-corrected chi connectivity index (χ0v) is 11.9. The van der Waals surface area contributed by atoms with E-state index < -0.39 is 8.07 Å². The highest BCUT2D eigenvalue weighted by Gasteiger charge is 2.49. The number of hydrogen-bond donors (Lipinski definition) is 0. The first kappa shape index (κ1) is 12.1. The van der Waals surface area contributed by atoms with Crippen molar-refractivity contribution in [1.82, 2.24) is 0 Å². The van der Waals surface area contributed by atoms with E-state index in [1.165, 1.54) is 44.0 Å². The topological polar surface area (TPSA) is 17.1 Å². The molecule has 0 aliphatic heterocycles. The number of carbonyl (C=O) groups excluding carboxylic acids is 1. The van der Waals surface area contributed by atoms with E-state index in [-0.39, 0.29) is 5.41 Å². The fourth-order valence-electron chi connectivity index (χ4n) is 3.92. The molecule has 0 saturated heterocycles. The molecule has 1 nitrogen and oxygen atoms in total. The van der Waals surface area contributed by atoms with Gasteiger partial charge in [0.25, 0.3) is 0 Å². The van der Waals surface area contributed by atoms with E-state index in [1.807, 2.05) is 0 Å². The lowest BCUT2D eigenvalue weighted by atomic mass is 9.65. The number of allylic oxidation sites excluding steroid dienone is 2. The highest BCUT2D eigenvalue weighted by atomic mass is 28.3. The summed E-state index contributed by atoms with van der Waals surface area (Å²) in [6.07, 6.45) is 11.0. The van der Waals surface area contributed by atoms with E-state index in [9.17, 15) is 4.79 Å².